The molecule has 0 bridgehead atoms. The van der Waals surface area contributed by atoms with Crippen molar-refractivity contribution in [3.05, 3.63) is 17.6 Å². The van der Waals surface area contributed by atoms with E-state index >= 15 is 0 Å². The van der Waals surface area contributed by atoms with E-state index in [1.165, 1.54) is 6.07 Å². The van der Waals surface area contributed by atoms with Crippen LogP contribution >= 0.6 is 0 Å². The molecule has 1 aromatic rings. The normalized spacial score (nSPS) is 11.4. The van der Waals surface area contributed by atoms with Crippen molar-refractivity contribution in [3.8, 4) is 0 Å². The highest BCUT2D eigenvalue weighted by molar-refractivity contribution is 5.79. The van der Waals surface area contributed by atoms with Gasteiger partial charge in [0.05, 0.1) is 5.69 Å². The second kappa shape index (κ2) is 3.25. The third-order valence-corrected chi connectivity index (χ3v) is 2.03. The smallest absolute Gasteiger partial charge is 0.315 e. The molecule has 1 aromatic heterocycles. The number of carboxylic acids is 1. The molecule has 0 radical (unpaired) electrons. The van der Waals surface area contributed by atoms with Crippen LogP contribution < -0.4 is 5.73 Å². The van der Waals surface area contributed by atoms with Gasteiger partial charge in [-0.2, -0.15) is 0 Å². The Morgan fingerprint density at radius 2 is 2.07 bits per heavy atom. The van der Waals surface area contributed by atoms with Crippen LogP contribution in [0.1, 0.15) is 25.4 Å². The highest BCUT2D eigenvalue weighted by Crippen LogP contribution is 2.22. The van der Waals surface area contributed by atoms with Gasteiger partial charge in [-0.25, -0.2) is 9.97 Å². The standard InChI is InChI=1S/C9H13N3O2/c1-5-11-6(4-7(10)12-5)9(2,3)8(13)14/h4H,1-3H3,(H,13,14)(H2,10,11,12). The summed E-state index contributed by atoms with van der Waals surface area (Å²) >= 11 is 0. The van der Waals surface area contributed by atoms with E-state index in [9.17, 15) is 4.79 Å². The third-order valence-electron chi connectivity index (χ3n) is 2.03. The van der Waals surface area contributed by atoms with Crippen LogP contribution in [-0.4, -0.2) is 21.0 Å². The van der Waals surface area contributed by atoms with Crippen LogP contribution in [-0.2, 0) is 10.2 Å². The Labute approximate surface area is 82.0 Å². The van der Waals surface area contributed by atoms with Crippen molar-refractivity contribution < 1.29 is 9.90 Å². The third kappa shape index (κ3) is 1.81. The summed E-state index contributed by atoms with van der Waals surface area (Å²) in [5.41, 5.74) is 4.90. The number of anilines is 1. The Balaban J connectivity index is 3.25. The molecule has 0 saturated heterocycles. The number of aromatic nitrogens is 2. The van der Waals surface area contributed by atoms with Crippen molar-refractivity contribution in [3.63, 3.8) is 0 Å². The van der Waals surface area contributed by atoms with Crippen molar-refractivity contribution in [2.45, 2.75) is 26.2 Å². The topological polar surface area (TPSA) is 89.1 Å². The molecule has 0 fully saturated rings. The minimum Gasteiger partial charge on any atom is -0.481 e. The molecule has 0 aliphatic heterocycles. The first kappa shape index (κ1) is 10.4. The molecule has 0 aliphatic carbocycles. The zero-order chi connectivity index (χ0) is 10.9. The lowest BCUT2D eigenvalue weighted by atomic mass is 9.89. The maximum absolute atomic E-state index is 10.9. The first-order chi connectivity index (χ1) is 6.34. The van der Waals surface area contributed by atoms with Crippen LogP contribution in [0.4, 0.5) is 5.82 Å². The molecule has 0 unspecified atom stereocenters. The largest absolute Gasteiger partial charge is 0.481 e. The summed E-state index contributed by atoms with van der Waals surface area (Å²) in [5.74, 6) is -0.161. The van der Waals surface area contributed by atoms with Gasteiger partial charge in [0.2, 0.25) is 0 Å². The van der Waals surface area contributed by atoms with Gasteiger partial charge in [-0.3, -0.25) is 4.79 Å². The monoisotopic (exact) mass is 195 g/mol. The Hall–Kier alpha value is -1.65. The second-order valence-corrected chi connectivity index (χ2v) is 3.66. The number of nitrogen functional groups attached to an aromatic ring is 1. The molecule has 14 heavy (non-hydrogen) atoms. The van der Waals surface area contributed by atoms with E-state index < -0.39 is 11.4 Å². The van der Waals surface area contributed by atoms with E-state index in [0.717, 1.165) is 0 Å². The highest BCUT2D eigenvalue weighted by atomic mass is 16.4. The quantitative estimate of drug-likeness (QED) is 0.726. The molecular weight excluding hydrogens is 182 g/mol. The number of rotatable bonds is 2. The number of hydrogen-bond acceptors (Lipinski definition) is 4. The molecular formula is C9H13N3O2. The van der Waals surface area contributed by atoms with Crippen LogP contribution in [0.25, 0.3) is 0 Å². The second-order valence-electron chi connectivity index (χ2n) is 3.66. The van der Waals surface area contributed by atoms with E-state index in [2.05, 4.69) is 9.97 Å². The van der Waals surface area contributed by atoms with E-state index in [-0.39, 0.29) is 0 Å². The van der Waals surface area contributed by atoms with Gasteiger partial charge < -0.3 is 10.8 Å². The average molecular weight is 195 g/mol. The van der Waals surface area contributed by atoms with Gasteiger partial charge in [0.1, 0.15) is 17.1 Å². The summed E-state index contributed by atoms with van der Waals surface area (Å²) in [5, 5.41) is 8.98. The highest BCUT2D eigenvalue weighted by Gasteiger charge is 2.31. The summed E-state index contributed by atoms with van der Waals surface area (Å²) in [6.45, 7) is 4.84. The first-order valence-corrected chi connectivity index (χ1v) is 4.19. The predicted octanol–water partition coefficient (Wildman–Crippen LogP) is 0.729. The fourth-order valence-corrected chi connectivity index (χ4v) is 1.02. The molecule has 0 atom stereocenters. The molecule has 0 spiro atoms. The maximum Gasteiger partial charge on any atom is 0.315 e. The van der Waals surface area contributed by atoms with Gasteiger partial charge in [0, 0.05) is 6.07 Å². The lowest BCUT2D eigenvalue weighted by Crippen LogP contribution is -2.30. The van der Waals surface area contributed by atoms with E-state index in [0.29, 0.717) is 17.3 Å². The van der Waals surface area contributed by atoms with Gasteiger partial charge in [-0.05, 0) is 20.8 Å². The summed E-state index contributed by atoms with van der Waals surface area (Å²) in [6, 6.07) is 1.49. The molecule has 3 N–H and O–H groups in total. The van der Waals surface area contributed by atoms with Crippen LogP contribution in [0.15, 0.2) is 6.07 Å². The number of nitrogens with zero attached hydrogens (tertiary/aromatic N) is 2. The molecule has 5 nitrogen and oxygen atoms in total. The zero-order valence-electron chi connectivity index (χ0n) is 8.40. The molecule has 1 rings (SSSR count). The Kier molecular flexibility index (Phi) is 2.42. The molecule has 76 valence electrons. The SMILES string of the molecule is Cc1nc(N)cc(C(C)(C)C(=O)O)n1. The van der Waals surface area contributed by atoms with Crippen molar-refractivity contribution in [1.82, 2.24) is 9.97 Å². The summed E-state index contributed by atoms with van der Waals surface area (Å²) in [7, 11) is 0. The lowest BCUT2D eigenvalue weighted by molar-refractivity contribution is -0.142. The molecule has 1 heterocycles. The Morgan fingerprint density at radius 3 is 2.50 bits per heavy atom. The minimum atomic E-state index is -1.04. The van der Waals surface area contributed by atoms with Crippen molar-refractivity contribution in [2.24, 2.45) is 0 Å². The number of carbonyl (C=O) groups is 1. The van der Waals surface area contributed by atoms with Gasteiger partial charge in [0.15, 0.2) is 0 Å². The Morgan fingerprint density at radius 1 is 1.50 bits per heavy atom. The zero-order valence-corrected chi connectivity index (χ0v) is 8.40. The van der Waals surface area contributed by atoms with Crippen LogP contribution in [0.3, 0.4) is 0 Å². The summed E-state index contributed by atoms with van der Waals surface area (Å²) in [4.78, 5) is 18.9. The summed E-state index contributed by atoms with van der Waals surface area (Å²) in [6.07, 6.45) is 0. The number of hydrogen-bond donors (Lipinski definition) is 2. The number of carboxylic acid groups (broad SMARTS) is 1. The van der Waals surface area contributed by atoms with Crippen LogP contribution in [0, 0.1) is 6.92 Å². The fourth-order valence-electron chi connectivity index (χ4n) is 1.02. The first-order valence-electron chi connectivity index (χ1n) is 4.19. The fraction of sp³-hybridized carbons (Fsp3) is 0.444. The Bertz CT molecular complexity index is 354. The predicted molar refractivity (Wildman–Crippen MR) is 51.8 cm³/mol. The molecule has 0 aromatic carbocycles. The minimum absolute atomic E-state index is 0.293. The van der Waals surface area contributed by atoms with E-state index in [1.807, 2.05) is 0 Å². The van der Waals surface area contributed by atoms with Gasteiger partial charge in [-0.1, -0.05) is 0 Å². The van der Waals surface area contributed by atoms with Crippen molar-refractivity contribution >= 4 is 11.8 Å². The number of aliphatic carboxylic acids is 1. The molecule has 0 amide bonds. The van der Waals surface area contributed by atoms with Crippen molar-refractivity contribution in [1.29, 1.82) is 0 Å². The van der Waals surface area contributed by atoms with Crippen molar-refractivity contribution in [2.75, 3.05) is 5.73 Å². The number of nitrogens with two attached hydrogens (primary N) is 1. The maximum atomic E-state index is 10.9. The van der Waals surface area contributed by atoms with Crippen LogP contribution in [0.2, 0.25) is 0 Å². The molecule has 5 heteroatoms. The van der Waals surface area contributed by atoms with Crippen LogP contribution in [0.5, 0.6) is 0 Å². The molecule has 0 saturated carbocycles. The van der Waals surface area contributed by atoms with E-state index in [1.54, 1.807) is 20.8 Å². The van der Waals surface area contributed by atoms with Gasteiger partial charge >= 0.3 is 5.97 Å². The summed E-state index contributed by atoms with van der Waals surface area (Å²) < 4.78 is 0. The molecule has 0 aliphatic rings. The van der Waals surface area contributed by atoms with Gasteiger partial charge in [-0.15, -0.1) is 0 Å². The number of aryl methyl sites for hydroxylation is 1. The lowest BCUT2D eigenvalue weighted by Gasteiger charge is -2.18. The van der Waals surface area contributed by atoms with E-state index in [4.69, 9.17) is 10.8 Å². The van der Waals surface area contributed by atoms with Gasteiger partial charge in [0.25, 0.3) is 0 Å². The average Bonchev–Trinajstić information content (AvgIpc) is 2.01.